The van der Waals surface area contributed by atoms with Gasteiger partial charge in [0, 0.05) is 12.1 Å². The van der Waals surface area contributed by atoms with Crippen molar-refractivity contribution in [1.29, 1.82) is 0 Å². The third kappa shape index (κ3) is 3.98. The zero-order valence-corrected chi connectivity index (χ0v) is 14.4. The van der Waals surface area contributed by atoms with Crippen LogP contribution in [0.25, 0.3) is 0 Å². The van der Waals surface area contributed by atoms with Gasteiger partial charge in [-0.2, -0.15) is 0 Å². The molecule has 144 valence electrons. The minimum Gasteiger partial charge on any atom is -0.478 e. The number of aromatic carboxylic acids is 1. The first-order valence-electron chi connectivity index (χ1n) is 8.17. The summed E-state index contributed by atoms with van der Waals surface area (Å²) in [6.07, 6.45) is -0.732. The number of amides is 1. The summed E-state index contributed by atoms with van der Waals surface area (Å²) in [5.41, 5.74) is -0.951. The molecule has 1 unspecified atom stereocenters. The van der Waals surface area contributed by atoms with E-state index in [1.54, 1.807) is 0 Å². The maximum Gasteiger partial charge on any atom is 0.351 e. The molecule has 0 aromatic heterocycles. The molecule has 0 fully saturated rings. The van der Waals surface area contributed by atoms with E-state index in [9.17, 15) is 23.9 Å². The van der Waals surface area contributed by atoms with E-state index in [1.165, 1.54) is 48.5 Å². The molecule has 1 amide bonds. The van der Waals surface area contributed by atoms with Crippen molar-refractivity contribution >= 4 is 29.2 Å². The monoisotopic (exact) mass is 386 g/mol. The van der Waals surface area contributed by atoms with Crippen molar-refractivity contribution in [2.75, 3.05) is 5.32 Å². The number of carbonyl (C=O) groups excluding carboxylic acids is 1. The van der Waals surface area contributed by atoms with Gasteiger partial charge in [-0.15, -0.1) is 0 Å². The Morgan fingerprint density at radius 3 is 2.50 bits per heavy atom. The van der Waals surface area contributed by atoms with Crippen LogP contribution in [0.5, 0.6) is 0 Å². The van der Waals surface area contributed by atoms with Gasteiger partial charge >= 0.3 is 11.9 Å². The molecule has 0 saturated heterocycles. The van der Waals surface area contributed by atoms with Crippen molar-refractivity contribution < 1.29 is 33.8 Å². The molecule has 9 heteroatoms. The molecule has 0 bridgehead atoms. The average Bonchev–Trinajstić information content (AvgIpc) is 3.07. The minimum atomic E-state index is -1.90. The maximum atomic E-state index is 13.1. The van der Waals surface area contributed by atoms with E-state index in [0.717, 1.165) is 0 Å². The first-order valence-corrected chi connectivity index (χ1v) is 8.17. The Bertz CT molecular complexity index is 973. The highest BCUT2D eigenvalue weighted by Gasteiger charge is 2.49. The molecule has 2 aromatic rings. The smallest absolute Gasteiger partial charge is 0.351 e. The number of halogens is 1. The van der Waals surface area contributed by atoms with Crippen molar-refractivity contribution in [2.45, 2.75) is 18.4 Å². The summed E-state index contributed by atoms with van der Waals surface area (Å²) in [6.45, 7) is 0. The van der Waals surface area contributed by atoms with Crippen molar-refractivity contribution in [1.82, 2.24) is 0 Å². The van der Waals surface area contributed by atoms with Gasteiger partial charge in [0.2, 0.25) is 11.5 Å². The summed E-state index contributed by atoms with van der Waals surface area (Å²) in [4.78, 5) is 40.2. The third-order valence-electron chi connectivity index (χ3n) is 4.19. The first kappa shape index (κ1) is 19.0. The molecule has 0 aliphatic carbocycles. The molecule has 1 atom stereocenters. The van der Waals surface area contributed by atoms with Crippen LogP contribution in [-0.4, -0.2) is 39.4 Å². The first-order chi connectivity index (χ1) is 13.3. The highest BCUT2D eigenvalue weighted by Crippen LogP contribution is 2.31. The molecule has 1 heterocycles. The highest BCUT2D eigenvalue weighted by molar-refractivity contribution is 6.06. The number of anilines is 1. The van der Waals surface area contributed by atoms with Gasteiger partial charge in [0.15, 0.2) is 0 Å². The third-order valence-corrected chi connectivity index (χ3v) is 4.19. The van der Waals surface area contributed by atoms with Gasteiger partial charge in [-0.25, -0.2) is 14.0 Å². The molecule has 1 aliphatic heterocycles. The fraction of sp³-hybridized carbons (Fsp3) is 0.158. The van der Waals surface area contributed by atoms with E-state index < -0.39 is 35.7 Å². The number of hydrogen-bond donors (Lipinski definition) is 3. The van der Waals surface area contributed by atoms with Gasteiger partial charge in [-0.05, 0) is 35.9 Å². The standard InChI is InChI=1S/C19H15FN2O6/c20-13-6-4-11(5-7-13)15-9-19(18(26)27,28-22-15)10-16(23)21-14-3-1-2-12(8-14)17(24)25/h1-8H,9-10H2,(H,21,23)(H,24,25)(H,26,27). The fourth-order valence-electron chi connectivity index (χ4n) is 2.75. The van der Waals surface area contributed by atoms with Crippen LogP contribution in [0.2, 0.25) is 0 Å². The fourth-order valence-corrected chi connectivity index (χ4v) is 2.75. The normalized spacial score (nSPS) is 18.1. The van der Waals surface area contributed by atoms with Crippen LogP contribution in [0.15, 0.2) is 53.7 Å². The Labute approximate surface area is 158 Å². The molecular weight excluding hydrogens is 371 g/mol. The van der Waals surface area contributed by atoms with Crippen LogP contribution in [0, 0.1) is 5.82 Å². The van der Waals surface area contributed by atoms with Crippen LogP contribution in [-0.2, 0) is 14.4 Å². The topological polar surface area (TPSA) is 125 Å². The number of nitrogens with one attached hydrogen (secondary N) is 1. The van der Waals surface area contributed by atoms with E-state index in [4.69, 9.17) is 9.94 Å². The molecule has 2 aromatic carbocycles. The van der Waals surface area contributed by atoms with Crippen LogP contribution >= 0.6 is 0 Å². The zero-order valence-electron chi connectivity index (χ0n) is 14.4. The summed E-state index contributed by atoms with van der Waals surface area (Å²) in [5, 5.41) is 24.8. The predicted octanol–water partition coefficient (Wildman–Crippen LogP) is 2.50. The molecule has 0 saturated carbocycles. The molecule has 3 N–H and O–H groups in total. The van der Waals surface area contributed by atoms with Gasteiger partial charge in [-0.3, -0.25) is 4.79 Å². The van der Waals surface area contributed by atoms with Crippen LogP contribution in [0.1, 0.15) is 28.8 Å². The summed E-state index contributed by atoms with van der Waals surface area (Å²) in [5.74, 6) is -3.66. The molecule has 28 heavy (non-hydrogen) atoms. The van der Waals surface area contributed by atoms with E-state index in [1.807, 2.05) is 0 Å². The summed E-state index contributed by atoms with van der Waals surface area (Å²) < 4.78 is 13.1. The van der Waals surface area contributed by atoms with Gasteiger partial charge in [0.25, 0.3) is 0 Å². The van der Waals surface area contributed by atoms with Crippen molar-refractivity contribution in [3.8, 4) is 0 Å². The van der Waals surface area contributed by atoms with E-state index in [0.29, 0.717) is 5.56 Å². The van der Waals surface area contributed by atoms with Crippen molar-refractivity contribution in [3.63, 3.8) is 0 Å². The van der Waals surface area contributed by atoms with Crippen molar-refractivity contribution in [2.24, 2.45) is 5.16 Å². The number of aliphatic carboxylic acids is 1. The zero-order chi connectivity index (χ0) is 20.3. The van der Waals surface area contributed by atoms with E-state index in [2.05, 4.69) is 10.5 Å². The van der Waals surface area contributed by atoms with Crippen molar-refractivity contribution in [3.05, 3.63) is 65.5 Å². The largest absolute Gasteiger partial charge is 0.478 e. The number of carboxylic acids is 2. The van der Waals surface area contributed by atoms with E-state index >= 15 is 0 Å². The number of carboxylic acid groups (broad SMARTS) is 2. The Hall–Kier alpha value is -3.75. The van der Waals surface area contributed by atoms with Crippen LogP contribution in [0.3, 0.4) is 0 Å². The molecule has 3 rings (SSSR count). The van der Waals surface area contributed by atoms with Gasteiger partial charge in [0.05, 0.1) is 17.7 Å². The number of benzene rings is 2. The summed E-state index contributed by atoms with van der Waals surface area (Å²) >= 11 is 0. The number of oxime groups is 1. The second kappa shape index (κ2) is 7.47. The molecule has 0 spiro atoms. The van der Waals surface area contributed by atoms with E-state index in [-0.39, 0.29) is 23.4 Å². The summed E-state index contributed by atoms with van der Waals surface area (Å²) in [6, 6.07) is 10.8. The number of rotatable bonds is 6. The maximum absolute atomic E-state index is 13.1. The Morgan fingerprint density at radius 1 is 1.14 bits per heavy atom. The Morgan fingerprint density at radius 2 is 1.86 bits per heavy atom. The number of hydrogen-bond acceptors (Lipinski definition) is 5. The lowest BCUT2D eigenvalue weighted by Crippen LogP contribution is -2.42. The SMILES string of the molecule is O=C(CC1(C(=O)O)CC(c2ccc(F)cc2)=NO1)Nc1cccc(C(=O)O)c1. The Kier molecular flexibility index (Phi) is 5.08. The minimum absolute atomic E-state index is 0.0233. The molecule has 1 aliphatic rings. The molecule has 0 radical (unpaired) electrons. The lowest BCUT2D eigenvalue weighted by Gasteiger charge is -2.21. The van der Waals surface area contributed by atoms with Crippen LogP contribution < -0.4 is 5.32 Å². The lowest BCUT2D eigenvalue weighted by atomic mass is 9.90. The number of carbonyl (C=O) groups is 3. The molecule has 8 nitrogen and oxygen atoms in total. The number of nitrogens with zero attached hydrogens (tertiary/aromatic N) is 1. The van der Waals surface area contributed by atoms with Crippen LogP contribution in [0.4, 0.5) is 10.1 Å². The quantitative estimate of drug-likeness (QED) is 0.700. The predicted molar refractivity (Wildman–Crippen MR) is 95.7 cm³/mol. The summed E-state index contributed by atoms with van der Waals surface area (Å²) in [7, 11) is 0. The van der Waals surface area contributed by atoms with Gasteiger partial charge in [0.1, 0.15) is 5.82 Å². The molecular formula is C19H15FN2O6. The Balaban J connectivity index is 1.72. The second-order valence-electron chi connectivity index (χ2n) is 6.22. The highest BCUT2D eigenvalue weighted by atomic mass is 19.1. The lowest BCUT2D eigenvalue weighted by molar-refractivity contribution is -0.165. The van der Waals surface area contributed by atoms with Gasteiger partial charge < -0.3 is 20.4 Å². The second-order valence-corrected chi connectivity index (χ2v) is 6.22. The average molecular weight is 386 g/mol. The van der Waals surface area contributed by atoms with Gasteiger partial charge in [-0.1, -0.05) is 23.4 Å².